The van der Waals surface area contributed by atoms with Gasteiger partial charge in [-0.05, 0) is 24.6 Å². The largest absolute Gasteiger partial charge is 0.472 e. The van der Waals surface area contributed by atoms with Crippen LogP contribution in [0.25, 0.3) is 6.08 Å². The topological polar surface area (TPSA) is 227 Å². The number of esters is 1. The first-order valence-electron chi connectivity index (χ1n) is 14.8. The lowest BCUT2D eigenvalue weighted by atomic mass is 9.85. The normalized spacial score (nSPS) is 47.2. The zero-order chi connectivity index (χ0) is 32.0. The highest BCUT2D eigenvalue weighted by atomic mass is 16.8. The highest BCUT2D eigenvalue weighted by Crippen LogP contribution is 2.61. The number of hydrogen-bond donors (Lipinski definition) is 7. The second-order valence-corrected chi connectivity index (χ2v) is 11.9. The summed E-state index contributed by atoms with van der Waals surface area (Å²) in [5.41, 5.74) is -0.452. The summed E-state index contributed by atoms with van der Waals surface area (Å²) < 4.78 is 40.8. The maximum atomic E-state index is 12.7. The minimum absolute atomic E-state index is 0.270. The van der Waals surface area contributed by atoms with Crippen LogP contribution in [0.2, 0.25) is 0 Å². The molecule has 0 bridgehead atoms. The van der Waals surface area contributed by atoms with Gasteiger partial charge in [0.1, 0.15) is 61.0 Å². The summed E-state index contributed by atoms with van der Waals surface area (Å²) in [6.45, 7) is 0.587. The molecule has 7 N–H and O–H groups in total. The third kappa shape index (κ3) is 6.04. The lowest BCUT2D eigenvalue weighted by molar-refractivity contribution is -0.347. The van der Waals surface area contributed by atoms with Gasteiger partial charge >= 0.3 is 5.97 Å². The molecule has 15 heteroatoms. The van der Waals surface area contributed by atoms with Gasteiger partial charge < -0.3 is 68.9 Å². The maximum Gasteiger partial charge on any atom is 0.330 e. The number of carbonyl (C=O) groups excluding carboxylic acids is 1. The van der Waals surface area contributed by atoms with Crippen molar-refractivity contribution in [2.45, 2.75) is 92.4 Å². The van der Waals surface area contributed by atoms with Gasteiger partial charge in [0.15, 0.2) is 12.6 Å². The minimum atomic E-state index is -1.71. The number of rotatable bonds is 9. The van der Waals surface area contributed by atoms with E-state index in [0.717, 1.165) is 5.56 Å². The average molecular weight is 639 g/mol. The van der Waals surface area contributed by atoms with E-state index >= 15 is 0 Å². The van der Waals surface area contributed by atoms with E-state index in [1.807, 2.05) is 30.3 Å². The number of fused-ring (bicyclic) bond motifs is 3. The van der Waals surface area contributed by atoms with Gasteiger partial charge in [0.25, 0.3) is 0 Å². The molecule has 248 valence electrons. The number of epoxide rings is 1. The van der Waals surface area contributed by atoms with E-state index < -0.39 is 110 Å². The summed E-state index contributed by atoms with van der Waals surface area (Å²) in [4.78, 5) is 12.7. The summed E-state index contributed by atoms with van der Waals surface area (Å²) in [5, 5.41) is 71.7. The predicted molar refractivity (Wildman–Crippen MR) is 147 cm³/mol. The highest BCUT2D eigenvalue weighted by Gasteiger charge is 2.77. The van der Waals surface area contributed by atoms with Crippen molar-refractivity contribution in [2.24, 2.45) is 11.8 Å². The first kappa shape index (κ1) is 32.4. The number of carbonyl (C=O) groups is 1. The van der Waals surface area contributed by atoms with Crippen molar-refractivity contribution in [3.63, 3.8) is 0 Å². The van der Waals surface area contributed by atoms with Gasteiger partial charge in [0.2, 0.25) is 6.29 Å². The molecule has 4 aliphatic heterocycles. The first-order valence-corrected chi connectivity index (χ1v) is 14.8. The van der Waals surface area contributed by atoms with Crippen LogP contribution in [-0.4, -0.2) is 140 Å². The Bertz CT molecular complexity index is 1240. The number of benzene rings is 1. The Hall–Kier alpha value is -2.51. The molecule has 0 aromatic heterocycles. The number of ether oxygens (including phenoxy) is 7. The molecule has 5 aliphatic rings. The molecule has 1 aromatic rings. The Balaban J connectivity index is 1.23. The van der Waals surface area contributed by atoms with Crippen molar-refractivity contribution in [2.75, 3.05) is 13.2 Å². The molecule has 3 saturated heterocycles. The van der Waals surface area contributed by atoms with Crippen LogP contribution in [-0.2, 0) is 38.0 Å². The van der Waals surface area contributed by atoms with Crippen molar-refractivity contribution in [3.05, 3.63) is 54.3 Å². The molecule has 6 rings (SSSR count). The van der Waals surface area contributed by atoms with Crippen LogP contribution in [0.1, 0.15) is 12.5 Å². The average Bonchev–Trinajstić information content (AvgIpc) is 3.71. The summed E-state index contributed by atoms with van der Waals surface area (Å²) in [5.74, 6) is -2.00. The van der Waals surface area contributed by atoms with Gasteiger partial charge in [-0.25, -0.2) is 4.79 Å². The second kappa shape index (κ2) is 12.9. The lowest BCUT2D eigenvalue weighted by Crippen LogP contribution is -2.60. The van der Waals surface area contributed by atoms with Gasteiger partial charge in [-0.1, -0.05) is 30.3 Å². The van der Waals surface area contributed by atoms with Crippen LogP contribution in [0.4, 0.5) is 0 Å². The minimum Gasteiger partial charge on any atom is -0.472 e. The van der Waals surface area contributed by atoms with Crippen LogP contribution in [0.3, 0.4) is 0 Å². The Morgan fingerprint density at radius 1 is 0.889 bits per heavy atom. The third-order valence-electron chi connectivity index (χ3n) is 9.10. The van der Waals surface area contributed by atoms with Crippen LogP contribution in [0.15, 0.2) is 48.7 Å². The van der Waals surface area contributed by atoms with Crippen molar-refractivity contribution in [3.8, 4) is 0 Å². The molecule has 4 heterocycles. The molecular weight excluding hydrogens is 600 g/mol. The smallest absolute Gasteiger partial charge is 0.330 e. The standard InChI is InChI=1S/C30H38O15/c1-13-19(33)21(35)23(37)28(41-13)43-25-15-9-10-39-27(44-29-24(38)22(36)20(34)16(11-31)42-29)18(15)30(26(25)45-30)12-40-17(32)8-7-14-5-3-2-4-6-14/h2-10,13,15-16,18-29,31,33-38H,11-12H2,1H3/b8-7+/t13?,15?,16?,18?,19?,20?,21?,22?,23?,24?,25-,26-,27?,28?,29?,30?/m0/s1. The van der Waals surface area contributed by atoms with E-state index in [2.05, 4.69) is 0 Å². The predicted octanol–water partition coefficient (Wildman–Crippen LogP) is -2.47. The van der Waals surface area contributed by atoms with Crippen molar-refractivity contribution in [1.82, 2.24) is 0 Å². The molecule has 0 amide bonds. The summed E-state index contributed by atoms with van der Waals surface area (Å²) in [6.07, 6.45) is -11.4. The zero-order valence-corrected chi connectivity index (χ0v) is 24.2. The molecule has 15 nitrogen and oxygen atoms in total. The van der Waals surface area contributed by atoms with E-state index in [4.69, 9.17) is 33.2 Å². The van der Waals surface area contributed by atoms with Gasteiger partial charge in [0.05, 0.1) is 31.0 Å². The Kier molecular flexibility index (Phi) is 9.33. The monoisotopic (exact) mass is 638 g/mol. The molecular formula is C30H38O15. The van der Waals surface area contributed by atoms with Gasteiger partial charge in [-0.2, -0.15) is 0 Å². The molecule has 1 aliphatic carbocycles. The highest BCUT2D eigenvalue weighted by molar-refractivity contribution is 5.87. The maximum absolute atomic E-state index is 12.7. The fraction of sp³-hybridized carbons (Fsp3) is 0.633. The SMILES string of the molecule is CC1OC(O[C@H]2C3C=COC(OC4OC(CO)C(O)C(O)C4O)C3C3(COC(=O)/C=C/c4ccccc4)O[C@@H]23)C(O)C(O)C1O. The quantitative estimate of drug-likeness (QED) is 0.0845. The van der Waals surface area contributed by atoms with Crippen molar-refractivity contribution in [1.29, 1.82) is 0 Å². The molecule has 4 fully saturated rings. The lowest BCUT2D eigenvalue weighted by Gasteiger charge is -2.44. The molecule has 0 radical (unpaired) electrons. The van der Waals surface area contributed by atoms with E-state index in [1.54, 1.807) is 12.2 Å². The van der Waals surface area contributed by atoms with Crippen molar-refractivity contribution >= 4 is 12.0 Å². The second-order valence-electron chi connectivity index (χ2n) is 11.9. The Morgan fingerprint density at radius 2 is 1.58 bits per heavy atom. The van der Waals surface area contributed by atoms with Gasteiger partial charge in [0, 0.05) is 12.0 Å². The van der Waals surface area contributed by atoms with Crippen molar-refractivity contribution < 1.29 is 73.7 Å². The van der Waals surface area contributed by atoms with Crippen LogP contribution >= 0.6 is 0 Å². The van der Waals surface area contributed by atoms with Gasteiger partial charge in [-0.15, -0.1) is 0 Å². The van der Waals surface area contributed by atoms with Crippen LogP contribution in [0.5, 0.6) is 0 Å². The Morgan fingerprint density at radius 3 is 2.29 bits per heavy atom. The zero-order valence-electron chi connectivity index (χ0n) is 24.2. The summed E-state index contributed by atoms with van der Waals surface area (Å²) >= 11 is 0. The number of aliphatic hydroxyl groups is 7. The van der Waals surface area contributed by atoms with E-state index in [-0.39, 0.29) is 6.61 Å². The molecule has 0 spiro atoms. The molecule has 16 atom stereocenters. The number of aliphatic hydroxyl groups excluding tert-OH is 7. The van der Waals surface area contributed by atoms with Gasteiger partial charge in [-0.3, -0.25) is 0 Å². The number of hydrogen-bond acceptors (Lipinski definition) is 15. The fourth-order valence-electron chi connectivity index (χ4n) is 6.53. The molecule has 1 saturated carbocycles. The Labute approximate surface area is 257 Å². The van der Waals surface area contributed by atoms with E-state index in [0.29, 0.717) is 0 Å². The van der Waals surface area contributed by atoms with E-state index in [9.17, 15) is 40.5 Å². The molecule has 1 aromatic carbocycles. The van der Waals surface area contributed by atoms with Crippen LogP contribution in [0, 0.1) is 11.8 Å². The summed E-state index contributed by atoms with van der Waals surface area (Å²) in [6, 6.07) is 9.13. The molecule has 45 heavy (non-hydrogen) atoms. The van der Waals surface area contributed by atoms with Crippen LogP contribution < -0.4 is 0 Å². The summed E-state index contributed by atoms with van der Waals surface area (Å²) in [7, 11) is 0. The van der Waals surface area contributed by atoms with E-state index in [1.165, 1.54) is 19.3 Å². The third-order valence-corrected chi connectivity index (χ3v) is 9.10. The fourth-order valence-corrected chi connectivity index (χ4v) is 6.53. The first-order chi connectivity index (χ1) is 21.6. The molecule has 14 unspecified atom stereocenters.